The first kappa shape index (κ1) is 16.6. The van der Waals surface area contributed by atoms with Crippen molar-refractivity contribution >= 4 is 0 Å². The molecule has 1 aromatic heterocycles. The van der Waals surface area contributed by atoms with E-state index in [1.807, 2.05) is 0 Å². The molecule has 24 heavy (non-hydrogen) atoms. The first-order valence-corrected chi connectivity index (χ1v) is 7.36. The van der Waals surface area contributed by atoms with Gasteiger partial charge in [-0.1, -0.05) is 6.07 Å². The van der Waals surface area contributed by atoms with Crippen molar-refractivity contribution in [3.8, 4) is 5.75 Å². The number of ether oxygens (including phenoxy) is 1. The molecule has 0 fully saturated rings. The molecule has 0 saturated carbocycles. The third-order valence-corrected chi connectivity index (χ3v) is 4.19. The lowest BCUT2D eigenvalue weighted by Crippen LogP contribution is -2.52. The average Bonchev–Trinajstić information content (AvgIpc) is 2.48. The molecule has 0 saturated heterocycles. The number of aliphatic hydroxyl groups is 1. The van der Waals surface area contributed by atoms with Crippen molar-refractivity contribution in [3.63, 3.8) is 0 Å². The highest BCUT2D eigenvalue weighted by molar-refractivity contribution is 5.44. The van der Waals surface area contributed by atoms with Gasteiger partial charge in [0.2, 0.25) is 0 Å². The molecule has 2 aromatic rings. The van der Waals surface area contributed by atoms with Crippen LogP contribution < -0.4 is 10.3 Å². The van der Waals surface area contributed by atoms with Gasteiger partial charge >= 0.3 is 6.18 Å². The molecular weight excluding hydrogens is 323 g/mol. The minimum Gasteiger partial charge on any atom is -0.485 e. The third-order valence-electron chi connectivity index (χ3n) is 4.19. The standard InChI is InChI=1S/C17H16F3NO3/c1-16(2)15(23)14(21-8-4-3-5-13(21)22)11-9-10(17(18,19)20)6-7-12(11)24-16/h3-9,14-15,23H,1-2H3/t14-,15+/m0/s1. The number of aromatic nitrogens is 1. The highest BCUT2D eigenvalue weighted by Gasteiger charge is 2.45. The summed E-state index contributed by atoms with van der Waals surface area (Å²) < 4.78 is 46.0. The van der Waals surface area contributed by atoms with Crippen LogP contribution in [0.2, 0.25) is 0 Å². The molecule has 0 bridgehead atoms. The molecule has 0 unspecified atom stereocenters. The number of benzene rings is 1. The summed E-state index contributed by atoms with van der Waals surface area (Å²) in [6.45, 7) is 3.25. The van der Waals surface area contributed by atoms with E-state index < -0.39 is 35.0 Å². The molecule has 4 nitrogen and oxygen atoms in total. The van der Waals surface area contributed by atoms with Gasteiger partial charge in [-0.25, -0.2) is 0 Å². The number of rotatable bonds is 1. The van der Waals surface area contributed by atoms with Crippen LogP contribution in [0, 0.1) is 0 Å². The number of hydrogen-bond acceptors (Lipinski definition) is 3. The zero-order chi connectivity index (χ0) is 17.7. The smallest absolute Gasteiger partial charge is 0.416 e. The van der Waals surface area contributed by atoms with E-state index in [2.05, 4.69) is 0 Å². The molecule has 1 aliphatic rings. The summed E-state index contributed by atoms with van der Waals surface area (Å²) in [5.74, 6) is 0.221. The maximum atomic E-state index is 13.0. The van der Waals surface area contributed by atoms with Crippen molar-refractivity contribution in [2.75, 3.05) is 0 Å². The number of fused-ring (bicyclic) bond motifs is 1. The Balaban J connectivity index is 2.25. The second-order valence-electron chi connectivity index (χ2n) is 6.29. The number of pyridine rings is 1. The fourth-order valence-electron chi connectivity index (χ4n) is 2.91. The van der Waals surface area contributed by atoms with Gasteiger partial charge in [-0.05, 0) is 38.1 Å². The highest BCUT2D eigenvalue weighted by atomic mass is 19.4. The topological polar surface area (TPSA) is 51.5 Å². The quantitative estimate of drug-likeness (QED) is 0.869. The molecule has 2 atom stereocenters. The maximum absolute atomic E-state index is 13.0. The van der Waals surface area contributed by atoms with Crippen molar-refractivity contribution in [3.05, 3.63) is 64.1 Å². The fourth-order valence-corrected chi connectivity index (χ4v) is 2.91. The fraction of sp³-hybridized carbons (Fsp3) is 0.353. The van der Waals surface area contributed by atoms with E-state index in [1.165, 1.54) is 29.0 Å². The Kier molecular flexibility index (Phi) is 3.71. The van der Waals surface area contributed by atoms with E-state index in [0.29, 0.717) is 0 Å². The van der Waals surface area contributed by atoms with Crippen LogP contribution in [0.1, 0.15) is 31.0 Å². The van der Waals surface area contributed by atoms with Crippen LogP contribution in [0.25, 0.3) is 0 Å². The van der Waals surface area contributed by atoms with Gasteiger partial charge in [0.15, 0.2) is 0 Å². The monoisotopic (exact) mass is 339 g/mol. The average molecular weight is 339 g/mol. The molecule has 0 radical (unpaired) electrons. The minimum atomic E-state index is -4.53. The lowest BCUT2D eigenvalue weighted by molar-refractivity contribution is -0.137. The summed E-state index contributed by atoms with van der Waals surface area (Å²) in [6, 6.07) is 6.52. The summed E-state index contributed by atoms with van der Waals surface area (Å²) in [6.07, 6.45) is -4.28. The summed E-state index contributed by atoms with van der Waals surface area (Å²) >= 11 is 0. The van der Waals surface area contributed by atoms with Crippen LogP contribution in [0.15, 0.2) is 47.4 Å². The molecule has 7 heteroatoms. The first-order valence-electron chi connectivity index (χ1n) is 7.36. The van der Waals surface area contributed by atoms with Gasteiger partial charge in [0.05, 0.1) is 11.6 Å². The molecule has 1 N–H and O–H groups in total. The Hall–Kier alpha value is -2.28. The number of nitrogens with zero attached hydrogens (tertiary/aromatic N) is 1. The van der Waals surface area contributed by atoms with E-state index in [4.69, 9.17) is 4.74 Å². The number of hydrogen-bond donors (Lipinski definition) is 1. The van der Waals surface area contributed by atoms with Gasteiger partial charge in [0.25, 0.3) is 5.56 Å². The molecule has 0 amide bonds. The van der Waals surface area contributed by atoms with Crippen LogP contribution in [-0.4, -0.2) is 21.4 Å². The van der Waals surface area contributed by atoms with Gasteiger partial charge in [0.1, 0.15) is 17.5 Å². The molecule has 1 aromatic carbocycles. The van der Waals surface area contributed by atoms with Crippen molar-refractivity contribution < 1.29 is 23.0 Å². The Labute approximate surface area is 136 Å². The summed E-state index contributed by atoms with van der Waals surface area (Å²) in [4.78, 5) is 12.2. The van der Waals surface area contributed by atoms with E-state index in [1.54, 1.807) is 19.9 Å². The zero-order valence-electron chi connectivity index (χ0n) is 13.0. The molecular formula is C17H16F3NO3. The van der Waals surface area contributed by atoms with E-state index >= 15 is 0 Å². The summed E-state index contributed by atoms with van der Waals surface area (Å²) in [7, 11) is 0. The van der Waals surface area contributed by atoms with E-state index in [-0.39, 0.29) is 11.3 Å². The van der Waals surface area contributed by atoms with Gasteiger partial charge in [-0.2, -0.15) is 13.2 Å². The zero-order valence-corrected chi connectivity index (χ0v) is 13.0. The van der Waals surface area contributed by atoms with Crippen LogP contribution in [0.4, 0.5) is 13.2 Å². The predicted molar refractivity (Wildman–Crippen MR) is 81.0 cm³/mol. The second kappa shape index (κ2) is 5.37. The van der Waals surface area contributed by atoms with Crippen molar-refractivity contribution in [2.24, 2.45) is 0 Å². The van der Waals surface area contributed by atoms with Gasteiger partial charge in [-0.15, -0.1) is 0 Å². The van der Waals surface area contributed by atoms with E-state index in [9.17, 15) is 23.1 Å². The predicted octanol–water partition coefficient (Wildman–Crippen LogP) is 2.99. The number of aliphatic hydroxyl groups excluding tert-OH is 1. The second-order valence-corrected chi connectivity index (χ2v) is 6.29. The van der Waals surface area contributed by atoms with Crippen LogP contribution in [0.3, 0.4) is 0 Å². The Bertz CT molecular complexity index is 826. The molecule has 1 aliphatic heterocycles. The summed E-state index contributed by atoms with van der Waals surface area (Å²) in [5.41, 5.74) is -2.20. The Morgan fingerprint density at radius 1 is 1.21 bits per heavy atom. The van der Waals surface area contributed by atoms with Gasteiger partial charge < -0.3 is 14.4 Å². The van der Waals surface area contributed by atoms with Gasteiger partial charge in [-0.3, -0.25) is 4.79 Å². The van der Waals surface area contributed by atoms with Crippen molar-refractivity contribution in [1.29, 1.82) is 0 Å². The Morgan fingerprint density at radius 3 is 2.54 bits per heavy atom. The Morgan fingerprint density at radius 2 is 1.92 bits per heavy atom. The molecule has 128 valence electrons. The van der Waals surface area contributed by atoms with Crippen molar-refractivity contribution in [2.45, 2.75) is 37.8 Å². The van der Waals surface area contributed by atoms with E-state index in [0.717, 1.165) is 12.1 Å². The molecule has 2 heterocycles. The lowest BCUT2D eigenvalue weighted by atomic mass is 9.85. The van der Waals surface area contributed by atoms with Crippen LogP contribution >= 0.6 is 0 Å². The lowest BCUT2D eigenvalue weighted by Gasteiger charge is -2.42. The SMILES string of the molecule is CC1(C)Oc2ccc(C(F)(F)F)cc2[C@H](n2ccccc2=O)[C@H]1O. The van der Waals surface area contributed by atoms with Crippen LogP contribution in [0.5, 0.6) is 5.75 Å². The minimum absolute atomic E-state index is 0.130. The third kappa shape index (κ3) is 2.69. The molecule has 0 aliphatic carbocycles. The largest absolute Gasteiger partial charge is 0.485 e. The molecule has 3 rings (SSSR count). The normalized spacial score (nSPS) is 22.6. The maximum Gasteiger partial charge on any atom is 0.416 e. The highest BCUT2D eigenvalue weighted by Crippen LogP contribution is 2.43. The van der Waals surface area contributed by atoms with Gasteiger partial charge in [0, 0.05) is 17.8 Å². The first-order chi connectivity index (χ1) is 11.1. The van der Waals surface area contributed by atoms with Crippen LogP contribution in [-0.2, 0) is 6.18 Å². The number of halogens is 3. The molecule has 0 spiro atoms. The number of alkyl halides is 3. The van der Waals surface area contributed by atoms with Crippen molar-refractivity contribution in [1.82, 2.24) is 4.57 Å². The summed E-state index contributed by atoms with van der Waals surface area (Å²) in [5, 5.41) is 10.6.